The number of carbonyl (C=O) groups excluding carboxylic acids is 2. The van der Waals surface area contributed by atoms with E-state index in [1.54, 1.807) is 24.3 Å². The number of amides is 2. The third-order valence-electron chi connectivity index (χ3n) is 6.49. The summed E-state index contributed by atoms with van der Waals surface area (Å²) in [4.78, 5) is 34.0. The van der Waals surface area contributed by atoms with Gasteiger partial charge in [0.2, 0.25) is 5.91 Å². The van der Waals surface area contributed by atoms with E-state index in [0.717, 1.165) is 32.4 Å². The molecule has 0 radical (unpaired) electrons. The molecule has 0 unspecified atom stereocenters. The zero-order valence-electron chi connectivity index (χ0n) is 20.3. The van der Waals surface area contributed by atoms with Gasteiger partial charge in [0.25, 0.3) is 5.91 Å². The van der Waals surface area contributed by atoms with Crippen molar-refractivity contribution in [2.45, 2.75) is 65.6 Å². The summed E-state index contributed by atoms with van der Waals surface area (Å²) in [6.07, 6.45) is 2.76. The Morgan fingerprint density at radius 2 is 1.97 bits per heavy atom. The van der Waals surface area contributed by atoms with Crippen LogP contribution in [0.1, 0.15) is 61.5 Å². The van der Waals surface area contributed by atoms with Crippen LogP contribution in [0.3, 0.4) is 0 Å². The predicted octanol–water partition coefficient (Wildman–Crippen LogP) is 5.42. The van der Waals surface area contributed by atoms with Crippen LogP contribution in [0, 0.1) is 12.8 Å². The molecule has 0 aliphatic carbocycles. The molecule has 186 valence electrons. The molecule has 1 aliphatic rings. The molecule has 1 atom stereocenters. The van der Waals surface area contributed by atoms with Crippen LogP contribution in [0.4, 0.5) is 0 Å². The monoisotopic (exact) mass is 524 g/mol. The number of piperidine rings is 1. The van der Waals surface area contributed by atoms with Crippen LogP contribution in [-0.4, -0.2) is 58.3 Å². The first kappa shape index (κ1) is 26.9. The number of pyridine rings is 1. The van der Waals surface area contributed by atoms with E-state index in [9.17, 15) is 9.59 Å². The highest BCUT2D eigenvalue weighted by Crippen LogP contribution is 2.24. The number of rotatable bonds is 9. The summed E-state index contributed by atoms with van der Waals surface area (Å²) in [5.41, 5.74) is 2.29. The Bertz CT molecular complexity index is 952. The fraction of sp³-hybridized carbons (Fsp3) is 0.560. The summed E-state index contributed by atoms with van der Waals surface area (Å²) in [5.74, 6) is -0.00733. The summed E-state index contributed by atoms with van der Waals surface area (Å²) < 4.78 is 0. The Hall–Kier alpha value is -1.67. The van der Waals surface area contributed by atoms with Crippen molar-refractivity contribution in [1.29, 1.82) is 0 Å². The maximum absolute atomic E-state index is 12.9. The van der Waals surface area contributed by atoms with Gasteiger partial charge >= 0.3 is 0 Å². The van der Waals surface area contributed by atoms with Crippen molar-refractivity contribution in [3.05, 3.63) is 49.9 Å². The van der Waals surface area contributed by atoms with Crippen molar-refractivity contribution in [2.24, 2.45) is 5.92 Å². The molecule has 0 bridgehead atoms. The van der Waals surface area contributed by atoms with Gasteiger partial charge in [0.1, 0.15) is 10.3 Å². The van der Waals surface area contributed by atoms with Gasteiger partial charge in [-0.1, -0.05) is 37.0 Å². The predicted molar refractivity (Wildman–Crippen MR) is 140 cm³/mol. The average molecular weight is 526 g/mol. The highest BCUT2D eigenvalue weighted by Gasteiger charge is 2.30. The largest absolute Gasteiger partial charge is 0.352 e. The highest BCUT2D eigenvalue weighted by molar-refractivity contribution is 7.07. The van der Waals surface area contributed by atoms with Crippen LogP contribution < -0.4 is 5.32 Å². The summed E-state index contributed by atoms with van der Waals surface area (Å²) in [7, 11) is 0. The first-order valence-electron chi connectivity index (χ1n) is 11.8. The summed E-state index contributed by atoms with van der Waals surface area (Å²) in [6.45, 7) is 11.1. The Balaban J connectivity index is 1.49. The van der Waals surface area contributed by atoms with Crippen molar-refractivity contribution < 1.29 is 9.59 Å². The molecular formula is C25H34Cl2N4O2S. The lowest BCUT2D eigenvalue weighted by Gasteiger charge is -2.41. The average Bonchev–Trinajstić information content (AvgIpc) is 3.29. The summed E-state index contributed by atoms with van der Waals surface area (Å²) >= 11 is 13.7. The van der Waals surface area contributed by atoms with Crippen molar-refractivity contribution in [3.63, 3.8) is 0 Å². The van der Waals surface area contributed by atoms with E-state index < -0.39 is 0 Å². The SMILES string of the molecule is Cc1cc(Cl)nc(Cl)c1C(=O)NCC[C@@H](C)N1CCC(N(Cc2ccsc2)C(=O)C(C)C)CC1. The van der Waals surface area contributed by atoms with E-state index in [1.165, 1.54) is 5.56 Å². The smallest absolute Gasteiger partial charge is 0.254 e. The maximum atomic E-state index is 12.9. The van der Waals surface area contributed by atoms with Gasteiger partial charge in [-0.3, -0.25) is 9.59 Å². The molecule has 1 saturated heterocycles. The number of nitrogens with one attached hydrogen (secondary N) is 1. The second-order valence-electron chi connectivity index (χ2n) is 9.34. The first-order valence-corrected chi connectivity index (χ1v) is 13.5. The van der Waals surface area contributed by atoms with E-state index in [1.807, 2.05) is 13.8 Å². The van der Waals surface area contributed by atoms with Gasteiger partial charge in [-0.25, -0.2) is 4.98 Å². The van der Waals surface area contributed by atoms with Crippen molar-refractivity contribution in [3.8, 4) is 0 Å². The lowest BCUT2D eigenvalue weighted by molar-refractivity contribution is -0.138. The van der Waals surface area contributed by atoms with Crippen LogP contribution in [0.5, 0.6) is 0 Å². The van der Waals surface area contributed by atoms with E-state index in [0.29, 0.717) is 30.3 Å². The fourth-order valence-corrected chi connectivity index (χ4v) is 5.75. The number of nitrogens with zero attached hydrogens (tertiary/aromatic N) is 3. The van der Waals surface area contributed by atoms with Crippen LogP contribution in [0.25, 0.3) is 0 Å². The molecule has 0 aromatic carbocycles. The van der Waals surface area contributed by atoms with Gasteiger partial charge in [-0.05, 0) is 67.1 Å². The number of likely N-dealkylation sites (tertiary alicyclic amines) is 1. The van der Waals surface area contributed by atoms with Crippen molar-refractivity contribution in [2.75, 3.05) is 19.6 Å². The summed E-state index contributed by atoms with van der Waals surface area (Å²) in [6, 6.07) is 4.33. The minimum atomic E-state index is -0.228. The Labute approximate surface area is 216 Å². The van der Waals surface area contributed by atoms with E-state index in [2.05, 4.69) is 43.9 Å². The highest BCUT2D eigenvalue weighted by atomic mass is 35.5. The first-order chi connectivity index (χ1) is 16.2. The molecule has 34 heavy (non-hydrogen) atoms. The third-order valence-corrected chi connectivity index (χ3v) is 7.69. The quantitative estimate of drug-likeness (QED) is 0.445. The van der Waals surface area contributed by atoms with Crippen LogP contribution in [0.15, 0.2) is 22.9 Å². The minimum absolute atomic E-state index is 0.00724. The Morgan fingerprint density at radius 1 is 1.26 bits per heavy atom. The molecular weight excluding hydrogens is 491 g/mol. The Morgan fingerprint density at radius 3 is 2.56 bits per heavy atom. The second-order valence-corrected chi connectivity index (χ2v) is 10.9. The molecule has 3 rings (SSSR count). The number of hydrogen-bond acceptors (Lipinski definition) is 5. The third kappa shape index (κ3) is 6.94. The number of carbonyl (C=O) groups is 2. The van der Waals surface area contributed by atoms with E-state index in [4.69, 9.17) is 23.2 Å². The van der Waals surface area contributed by atoms with Gasteiger partial charge in [0, 0.05) is 44.2 Å². The molecule has 0 spiro atoms. The van der Waals surface area contributed by atoms with E-state index >= 15 is 0 Å². The number of halogens is 2. The number of aryl methyl sites for hydroxylation is 1. The maximum Gasteiger partial charge on any atom is 0.254 e. The minimum Gasteiger partial charge on any atom is -0.352 e. The standard InChI is InChI=1S/C25H34Cl2N4O2S/c1-16(2)25(33)31(14-19-8-12-34-15-19)20-6-10-30(11-7-20)18(4)5-9-28-24(32)22-17(3)13-21(26)29-23(22)27/h8,12-13,15-16,18,20H,5-7,9-11,14H2,1-4H3,(H,28,32)/t18-/m1/s1. The van der Waals surface area contributed by atoms with Gasteiger partial charge in [-0.15, -0.1) is 0 Å². The molecule has 2 aromatic heterocycles. The second kappa shape index (κ2) is 12.3. The van der Waals surface area contributed by atoms with Gasteiger partial charge in [-0.2, -0.15) is 11.3 Å². The summed E-state index contributed by atoms with van der Waals surface area (Å²) in [5, 5.41) is 7.56. The molecule has 1 fully saturated rings. The van der Waals surface area contributed by atoms with E-state index in [-0.39, 0.29) is 34.1 Å². The van der Waals surface area contributed by atoms with Crippen molar-refractivity contribution >= 4 is 46.4 Å². The zero-order valence-corrected chi connectivity index (χ0v) is 22.6. The molecule has 6 nitrogen and oxygen atoms in total. The zero-order chi connectivity index (χ0) is 24.8. The number of thiophene rings is 1. The molecule has 2 amide bonds. The van der Waals surface area contributed by atoms with Crippen LogP contribution in [0.2, 0.25) is 10.3 Å². The van der Waals surface area contributed by atoms with Gasteiger partial charge in [0.15, 0.2) is 0 Å². The van der Waals surface area contributed by atoms with Gasteiger partial charge in [0.05, 0.1) is 5.56 Å². The van der Waals surface area contributed by atoms with Gasteiger partial charge < -0.3 is 15.1 Å². The number of aromatic nitrogens is 1. The van der Waals surface area contributed by atoms with Crippen LogP contribution in [-0.2, 0) is 11.3 Å². The lowest BCUT2D eigenvalue weighted by Crippen LogP contribution is -2.50. The molecule has 2 aromatic rings. The Kier molecular flexibility index (Phi) is 9.77. The molecule has 0 saturated carbocycles. The molecule has 9 heteroatoms. The normalized spacial score (nSPS) is 16.0. The fourth-order valence-electron chi connectivity index (χ4n) is 4.47. The van der Waals surface area contributed by atoms with Crippen LogP contribution >= 0.6 is 34.5 Å². The van der Waals surface area contributed by atoms with Crippen molar-refractivity contribution in [1.82, 2.24) is 20.1 Å². The topological polar surface area (TPSA) is 65.5 Å². The number of hydrogen-bond donors (Lipinski definition) is 1. The molecule has 1 N–H and O–H groups in total. The molecule has 1 aliphatic heterocycles. The lowest BCUT2D eigenvalue weighted by atomic mass is 9.99. The molecule has 3 heterocycles.